The fourth-order valence-corrected chi connectivity index (χ4v) is 3.67. The zero-order valence-corrected chi connectivity index (χ0v) is 17.6. The zero-order valence-electron chi connectivity index (χ0n) is 17.6. The number of carbonyl (C=O) groups is 1. The van der Waals surface area contributed by atoms with Gasteiger partial charge in [0.05, 0.1) is 5.56 Å². The van der Waals surface area contributed by atoms with Gasteiger partial charge >= 0.3 is 6.18 Å². The van der Waals surface area contributed by atoms with Gasteiger partial charge in [0.1, 0.15) is 11.6 Å². The summed E-state index contributed by atoms with van der Waals surface area (Å²) >= 11 is 0. The largest absolute Gasteiger partial charge is 0.419 e. The minimum atomic E-state index is -4.85. The summed E-state index contributed by atoms with van der Waals surface area (Å²) in [6.07, 6.45) is -0.289. The Morgan fingerprint density at radius 2 is 1.77 bits per heavy atom. The third-order valence-electron chi connectivity index (χ3n) is 5.30. The molecule has 6 nitrogen and oxygen atoms in total. The van der Waals surface area contributed by atoms with Crippen LogP contribution < -0.4 is 15.5 Å². The molecule has 0 bridgehead atoms. The molecule has 1 amide bonds. The van der Waals surface area contributed by atoms with Gasteiger partial charge in [-0.15, -0.1) is 0 Å². The van der Waals surface area contributed by atoms with E-state index in [4.69, 9.17) is 0 Å². The third-order valence-corrected chi connectivity index (χ3v) is 5.30. The summed E-state index contributed by atoms with van der Waals surface area (Å²) in [4.78, 5) is 23.1. The van der Waals surface area contributed by atoms with Crippen molar-refractivity contribution in [1.29, 1.82) is 0 Å². The van der Waals surface area contributed by atoms with Crippen molar-refractivity contribution >= 4 is 17.7 Å². The number of nitrogens with zero attached hydrogens (tertiary/aromatic N) is 3. The molecule has 1 heterocycles. The van der Waals surface area contributed by atoms with Gasteiger partial charge < -0.3 is 15.5 Å². The molecular weight excluding hydrogens is 414 g/mol. The van der Waals surface area contributed by atoms with Crippen molar-refractivity contribution in [1.82, 2.24) is 15.3 Å². The van der Waals surface area contributed by atoms with Gasteiger partial charge in [-0.25, -0.2) is 9.37 Å². The molecule has 31 heavy (non-hydrogen) atoms. The van der Waals surface area contributed by atoms with Crippen LogP contribution in [0.1, 0.15) is 47.2 Å². The van der Waals surface area contributed by atoms with Gasteiger partial charge in [-0.1, -0.05) is 0 Å². The highest BCUT2D eigenvalue weighted by Gasteiger charge is 2.35. The zero-order chi connectivity index (χ0) is 22.8. The van der Waals surface area contributed by atoms with Crippen molar-refractivity contribution in [2.45, 2.75) is 50.9 Å². The summed E-state index contributed by atoms with van der Waals surface area (Å²) in [5.74, 6) is -0.672. The SMILES string of the molecule is Cc1cnc(NC2CCC(NC(=O)c3ccc(F)c(C(F)(F)F)c3)CC2)nc1N(C)C. The van der Waals surface area contributed by atoms with Gasteiger partial charge in [-0.05, 0) is 50.8 Å². The summed E-state index contributed by atoms with van der Waals surface area (Å²) < 4.78 is 52.0. The molecule has 0 saturated heterocycles. The number of halogens is 4. The smallest absolute Gasteiger partial charge is 0.362 e. The number of aromatic nitrogens is 2. The molecule has 1 fully saturated rings. The van der Waals surface area contributed by atoms with Crippen molar-refractivity contribution in [3.8, 4) is 0 Å². The average Bonchev–Trinajstić information content (AvgIpc) is 2.70. The number of rotatable bonds is 5. The molecule has 1 aliphatic carbocycles. The van der Waals surface area contributed by atoms with E-state index in [0.29, 0.717) is 30.9 Å². The van der Waals surface area contributed by atoms with Crippen LogP contribution in [0.3, 0.4) is 0 Å². The van der Waals surface area contributed by atoms with E-state index >= 15 is 0 Å². The lowest BCUT2D eigenvalue weighted by Crippen LogP contribution is -2.40. The van der Waals surface area contributed by atoms with Crippen LogP contribution in [-0.4, -0.2) is 42.1 Å². The fourth-order valence-electron chi connectivity index (χ4n) is 3.67. The van der Waals surface area contributed by atoms with Crippen molar-refractivity contribution < 1.29 is 22.4 Å². The Kier molecular flexibility index (Phi) is 6.66. The molecule has 0 radical (unpaired) electrons. The van der Waals surface area contributed by atoms with E-state index in [9.17, 15) is 22.4 Å². The second-order valence-corrected chi connectivity index (χ2v) is 7.95. The summed E-state index contributed by atoms with van der Waals surface area (Å²) in [5, 5.41) is 6.07. The molecule has 0 aliphatic heterocycles. The molecule has 10 heteroatoms. The van der Waals surface area contributed by atoms with E-state index in [1.165, 1.54) is 0 Å². The Morgan fingerprint density at radius 1 is 1.13 bits per heavy atom. The van der Waals surface area contributed by atoms with Crippen LogP contribution in [0.4, 0.5) is 29.3 Å². The van der Waals surface area contributed by atoms with Gasteiger partial charge in [0.25, 0.3) is 5.91 Å². The first-order valence-electron chi connectivity index (χ1n) is 9.99. The normalized spacial score (nSPS) is 19.1. The number of aryl methyl sites for hydroxylation is 1. The highest BCUT2D eigenvalue weighted by molar-refractivity contribution is 5.94. The van der Waals surface area contributed by atoms with E-state index in [-0.39, 0.29) is 17.6 Å². The Hall–Kier alpha value is -2.91. The molecule has 1 aliphatic rings. The molecule has 0 spiro atoms. The lowest BCUT2D eigenvalue weighted by molar-refractivity contribution is -0.140. The second kappa shape index (κ2) is 9.07. The topological polar surface area (TPSA) is 70.1 Å². The van der Waals surface area contributed by atoms with Crippen LogP contribution in [0.25, 0.3) is 0 Å². The number of anilines is 2. The fraction of sp³-hybridized carbons (Fsp3) is 0.476. The maximum atomic E-state index is 13.4. The van der Waals surface area contributed by atoms with Gasteiger partial charge in [-0.2, -0.15) is 18.2 Å². The highest BCUT2D eigenvalue weighted by atomic mass is 19.4. The monoisotopic (exact) mass is 439 g/mol. The van der Waals surface area contributed by atoms with Crippen LogP contribution in [0.5, 0.6) is 0 Å². The molecule has 0 atom stereocenters. The first kappa shape index (κ1) is 22.8. The summed E-state index contributed by atoms with van der Waals surface area (Å²) in [5.41, 5.74) is -0.682. The Bertz CT molecular complexity index is 940. The molecule has 1 aromatic heterocycles. The minimum absolute atomic E-state index is 0.133. The third kappa shape index (κ3) is 5.62. The maximum absolute atomic E-state index is 13.4. The lowest BCUT2D eigenvalue weighted by Gasteiger charge is -2.30. The van der Waals surface area contributed by atoms with Gasteiger partial charge in [-0.3, -0.25) is 4.79 Å². The Balaban J connectivity index is 1.56. The lowest BCUT2D eigenvalue weighted by atomic mass is 9.91. The number of benzene rings is 1. The Labute approximate surface area is 178 Å². The number of hydrogen-bond donors (Lipinski definition) is 2. The van der Waals surface area contributed by atoms with Crippen LogP contribution in [0.2, 0.25) is 0 Å². The standard InChI is InChI=1S/C21H25F4N5O/c1-12-11-26-20(29-18(12)30(2)3)28-15-7-5-14(6-8-15)27-19(31)13-4-9-17(22)16(10-13)21(23,24)25/h4,9-11,14-15H,5-8H2,1-3H3,(H,27,31)(H,26,28,29). The van der Waals surface area contributed by atoms with Crippen LogP contribution in [0, 0.1) is 12.7 Å². The van der Waals surface area contributed by atoms with E-state index < -0.39 is 23.5 Å². The van der Waals surface area contributed by atoms with Gasteiger partial charge in [0, 0.05) is 43.5 Å². The molecule has 168 valence electrons. The van der Waals surface area contributed by atoms with Crippen molar-refractivity contribution in [3.05, 3.63) is 46.9 Å². The molecule has 2 N–H and O–H groups in total. The van der Waals surface area contributed by atoms with E-state index in [1.54, 1.807) is 6.20 Å². The first-order valence-corrected chi connectivity index (χ1v) is 9.99. The van der Waals surface area contributed by atoms with Gasteiger partial charge in [0.15, 0.2) is 0 Å². The molecule has 1 saturated carbocycles. The van der Waals surface area contributed by atoms with E-state index in [1.807, 2.05) is 25.9 Å². The predicted molar refractivity (Wildman–Crippen MR) is 110 cm³/mol. The van der Waals surface area contributed by atoms with E-state index in [2.05, 4.69) is 20.6 Å². The van der Waals surface area contributed by atoms with E-state index in [0.717, 1.165) is 30.3 Å². The van der Waals surface area contributed by atoms with Crippen molar-refractivity contribution in [2.75, 3.05) is 24.3 Å². The first-order chi connectivity index (χ1) is 14.5. The van der Waals surface area contributed by atoms with Crippen LogP contribution in [0.15, 0.2) is 24.4 Å². The minimum Gasteiger partial charge on any atom is -0.362 e. The van der Waals surface area contributed by atoms with Crippen molar-refractivity contribution in [3.63, 3.8) is 0 Å². The number of nitrogens with one attached hydrogen (secondary N) is 2. The average molecular weight is 439 g/mol. The number of alkyl halides is 3. The quantitative estimate of drug-likeness (QED) is 0.685. The summed E-state index contributed by atoms with van der Waals surface area (Å²) in [6, 6.07) is 2.25. The Morgan fingerprint density at radius 3 is 2.39 bits per heavy atom. The van der Waals surface area contributed by atoms with Crippen LogP contribution >= 0.6 is 0 Å². The molecule has 3 rings (SSSR count). The number of hydrogen-bond acceptors (Lipinski definition) is 5. The van der Waals surface area contributed by atoms with Crippen LogP contribution in [-0.2, 0) is 6.18 Å². The predicted octanol–water partition coefficient (Wildman–Crippen LogP) is 4.16. The molecule has 0 unspecified atom stereocenters. The van der Waals surface area contributed by atoms with Gasteiger partial charge in [0.2, 0.25) is 5.95 Å². The maximum Gasteiger partial charge on any atom is 0.419 e. The van der Waals surface area contributed by atoms with Crippen molar-refractivity contribution in [2.24, 2.45) is 0 Å². The summed E-state index contributed by atoms with van der Waals surface area (Å²) in [7, 11) is 3.82. The number of amides is 1. The second-order valence-electron chi connectivity index (χ2n) is 7.95. The summed E-state index contributed by atoms with van der Waals surface area (Å²) in [6.45, 7) is 1.94. The highest BCUT2D eigenvalue weighted by Crippen LogP contribution is 2.32. The molecule has 2 aromatic rings. The molecular formula is C21H25F4N5O. The number of carbonyl (C=O) groups excluding carboxylic acids is 1. The molecule has 1 aromatic carbocycles.